The minimum Gasteiger partial charge on any atom is -0.386 e. The van der Waals surface area contributed by atoms with Crippen LogP contribution in [0.5, 0.6) is 0 Å². The molecular weight excluding hydrogens is 373 g/mol. The van der Waals surface area contributed by atoms with Gasteiger partial charge in [-0.15, -0.1) is 11.3 Å². The van der Waals surface area contributed by atoms with Gasteiger partial charge in [0.1, 0.15) is 6.10 Å². The highest BCUT2D eigenvalue weighted by Crippen LogP contribution is 2.23. The van der Waals surface area contributed by atoms with E-state index in [9.17, 15) is 9.90 Å². The van der Waals surface area contributed by atoms with Gasteiger partial charge in [-0.05, 0) is 58.7 Å². The first kappa shape index (κ1) is 14.5. The van der Waals surface area contributed by atoms with Crippen LogP contribution in [0.25, 0.3) is 0 Å². The van der Waals surface area contributed by atoms with Crippen LogP contribution < -0.4 is 5.32 Å². The van der Waals surface area contributed by atoms with Crippen molar-refractivity contribution in [1.29, 1.82) is 0 Å². The van der Waals surface area contributed by atoms with Crippen LogP contribution in [-0.4, -0.2) is 17.6 Å². The molecule has 2 rings (SSSR count). The van der Waals surface area contributed by atoms with Gasteiger partial charge < -0.3 is 10.4 Å². The van der Waals surface area contributed by atoms with Crippen LogP contribution >= 0.6 is 33.9 Å². The molecule has 1 amide bonds. The SMILES string of the molecule is Cc1ccsc1C(O)CNC(=O)c1ccccc1I. The van der Waals surface area contributed by atoms with Gasteiger partial charge in [-0.1, -0.05) is 12.1 Å². The van der Waals surface area contributed by atoms with Crippen LogP contribution in [0.15, 0.2) is 35.7 Å². The van der Waals surface area contributed by atoms with E-state index in [2.05, 4.69) is 27.9 Å². The summed E-state index contributed by atoms with van der Waals surface area (Å²) in [5.74, 6) is -0.154. The second-order valence-electron chi connectivity index (χ2n) is 4.17. The first-order chi connectivity index (χ1) is 9.09. The van der Waals surface area contributed by atoms with Gasteiger partial charge in [-0.25, -0.2) is 0 Å². The van der Waals surface area contributed by atoms with E-state index in [0.717, 1.165) is 14.0 Å². The van der Waals surface area contributed by atoms with Crippen LogP contribution in [-0.2, 0) is 0 Å². The third kappa shape index (κ3) is 3.55. The van der Waals surface area contributed by atoms with Gasteiger partial charge >= 0.3 is 0 Å². The summed E-state index contributed by atoms with van der Waals surface area (Å²) in [4.78, 5) is 12.9. The molecular formula is C14H14INO2S. The number of hydrogen-bond donors (Lipinski definition) is 2. The Balaban J connectivity index is 1.98. The Hall–Kier alpha value is -0.920. The van der Waals surface area contributed by atoms with E-state index in [4.69, 9.17) is 0 Å². The molecule has 1 unspecified atom stereocenters. The number of nitrogens with one attached hydrogen (secondary N) is 1. The van der Waals surface area contributed by atoms with Crippen LogP contribution in [0.1, 0.15) is 26.9 Å². The summed E-state index contributed by atoms with van der Waals surface area (Å²) in [5.41, 5.74) is 1.69. The molecule has 0 aliphatic carbocycles. The summed E-state index contributed by atoms with van der Waals surface area (Å²) in [7, 11) is 0. The van der Waals surface area contributed by atoms with Gasteiger partial charge in [0.2, 0.25) is 0 Å². The zero-order valence-electron chi connectivity index (χ0n) is 10.4. The lowest BCUT2D eigenvalue weighted by atomic mass is 10.2. The maximum Gasteiger partial charge on any atom is 0.252 e. The molecule has 100 valence electrons. The van der Waals surface area contributed by atoms with Gasteiger partial charge in [0.05, 0.1) is 5.56 Å². The smallest absolute Gasteiger partial charge is 0.252 e. The van der Waals surface area contributed by atoms with Crippen LogP contribution in [0, 0.1) is 10.5 Å². The quantitative estimate of drug-likeness (QED) is 0.793. The first-order valence-electron chi connectivity index (χ1n) is 5.84. The highest BCUT2D eigenvalue weighted by atomic mass is 127. The lowest BCUT2D eigenvalue weighted by Gasteiger charge is -2.12. The molecule has 2 N–H and O–H groups in total. The fraction of sp³-hybridized carbons (Fsp3) is 0.214. The Morgan fingerprint density at radius 3 is 2.79 bits per heavy atom. The molecule has 5 heteroatoms. The Bertz CT molecular complexity index is 582. The fourth-order valence-electron chi connectivity index (χ4n) is 1.75. The Morgan fingerprint density at radius 2 is 2.16 bits per heavy atom. The summed E-state index contributed by atoms with van der Waals surface area (Å²) < 4.78 is 0.902. The molecule has 0 spiro atoms. The van der Waals surface area contributed by atoms with Gasteiger partial charge in [0.25, 0.3) is 5.91 Å². The van der Waals surface area contributed by atoms with Crippen LogP contribution in [0.2, 0.25) is 0 Å². The Labute approximate surface area is 129 Å². The molecule has 1 aromatic heterocycles. The third-order valence-electron chi connectivity index (χ3n) is 2.78. The number of aliphatic hydroxyl groups excluding tert-OH is 1. The molecule has 0 aliphatic rings. The molecule has 3 nitrogen and oxygen atoms in total. The monoisotopic (exact) mass is 387 g/mol. The van der Waals surface area contributed by atoms with Crippen molar-refractivity contribution >= 4 is 39.8 Å². The van der Waals surface area contributed by atoms with Crippen molar-refractivity contribution in [2.75, 3.05) is 6.54 Å². The largest absolute Gasteiger partial charge is 0.386 e. The second kappa shape index (κ2) is 6.49. The van der Waals surface area contributed by atoms with Crippen molar-refractivity contribution in [2.45, 2.75) is 13.0 Å². The molecule has 0 fully saturated rings. The number of aryl methyl sites for hydroxylation is 1. The lowest BCUT2D eigenvalue weighted by molar-refractivity contribution is 0.0917. The highest BCUT2D eigenvalue weighted by Gasteiger charge is 2.14. The van der Waals surface area contributed by atoms with Crippen molar-refractivity contribution in [3.63, 3.8) is 0 Å². The predicted molar refractivity (Wildman–Crippen MR) is 85.5 cm³/mol. The summed E-state index contributed by atoms with van der Waals surface area (Å²) in [6, 6.07) is 9.35. The van der Waals surface area contributed by atoms with E-state index in [1.54, 1.807) is 6.07 Å². The zero-order chi connectivity index (χ0) is 13.8. The van der Waals surface area contributed by atoms with Crippen molar-refractivity contribution < 1.29 is 9.90 Å². The van der Waals surface area contributed by atoms with E-state index < -0.39 is 6.10 Å². The van der Waals surface area contributed by atoms with Gasteiger partial charge in [0.15, 0.2) is 0 Å². The predicted octanol–water partition coefficient (Wildman–Crippen LogP) is 3.12. The molecule has 1 aromatic carbocycles. The van der Waals surface area contributed by atoms with Gasteiger partial charge in [-0.3, -0.25) is 4.79 Å². The van der Waals surface area contributed by atoms with Crippen molar-refractivity contribution in [1.82, 2.24) is 5.32 Å². The van der Waals surface area contributed by atoms with Crippen LogP contribution in [0.4, 0.5) is 0 Å². The molecule has 0 bridgehead atoms. The van der Waals surface area contributed by atoms with E-state index in [0.29, 0.717) is 5.56 Å². The molecule has 2 aromatic rings. The Kier molecular flexibility index (Phi) is 4.95. The van der Waals surface area contributed by atoms with E-state index in [1.165, 1.54) is 11.3 Å². The molecule has 1 heterocycles. The molecule has 1 atom stereocenters. The zero-order valence-corrected chi connectivity index (χ0v) is 13.4. The average Bonchev–Trinajstić information content (AvgIpc) is 2.82. The highest BCUT2D eigenvalue weighted by molar-refractivity contribution is 14.1. The minimum atomic E-state index is -0.648. The Morgan fingerprint density at radius 1 is 1.42 bits per heavy atom. The summed E-state index contributed by atoms with van der Waals surface area (Å²) in [5, 5.41) is 14.8. The summed E-state index contributed by atoms with van der Waals surface area (Å²) in [6.45, 7) is 2.18. The normalized spacial score (nSPS) is 12.2. The van der Waals surface area contributed by atoms with Crippen molar-refractivity contribution in [3.05, 3.63) is 55.3 Å². The van der Waals surface area contributed by atoms with Gasteiger partial charge in [0, 0.05) is 15.0 Å². The number of rotatable bonds is 4. The summed E-state index contributed by atoms with van der Waals surface area (Å²) >= 11 is 3.63. The number of hydrogen-bond acceptors (Lipinski definition) is 3. The molecule has 0 saturated carbocycles. The topological polar surface area (TPSA) is 49.3 Å². The molecule has 0 saturated heterocycles. The maximum atomic E-state index is 12.0. The minimum absolute atomic E-state index is 0.154. The number of carbonyl (C=O) groups is 1. The number of halogens is 1. The van der Waals surface area contributed by atoms with Crippen molar-refractivity contribution in [3.8, 4) is 0 Å². The molecule has 0 radical (unpaired) electrons. The summed E-state index contributed by atoms with van der Waals surface area (Å²) in [6.07, 6.45) is -0.648. The molecule has 0 aliphatic heterocycles. The number of amides is 1. The van der Waals surface area contributed by atoms with E-state index in [1.807, 2.05) is 36.6 Å². The number of aliphatic hydroxyl groups is 1. The van der Waals surface area contributed by atoms with E-state index >= 15 is 0 Å². The van der Waals surface area contributed by atoms with Gasteiger partial charge in [-0.2, -0.15) is 0 Å². The third-order valence-corrected chi connectivity index (χ3v) is 4.84. The lowest BCUT2D eigenvalue weighted by Crippen LogP contribution is -2.28. The first-order valence-corrected chi connectivity index (χ1v) is 7.80. The fourth-order valence-corrected chi connectivity index (χ4v) is 3.29. The van der Waals surface area contributed by atoms with Crippen LogP contribution in [0.3, 0.4) is 0 Å². The number of thiophene rings is 1. The average molecular weight is 387 g/mol. The van der Waals surface area contributed by atoms with E-state index in [-0.39, 0.29) is 12.5 Å². The maximum absolute atomic E-state index is 12.0. The second-order valence-corrected chi connectivity index (χ2v) is 6.28. The molecule has 19 heavy (non-hydrogen) atoms. The standard InChI is InChI=1S/C14H14INO2S/c1-9-6-7-19-13(9)12(17)8-16-14(18)10-4-2-3-5-11(10)15/h2-7,12,17H,8H2,1H3,(H,16,18). The van der Waals surface area contributed by atoms with Crippen molar-refractivity contribution in [2.24, 2.45) is 0 Å². The number of carbonyl (C=O) groups excluding carboxylic acids is 1. The number of benzene rings is 1.